The molecule has 2 rings (SSSR count). The van der Waals surface area contributed by atoms with Crippen molar-refractivity contribution in [3.05, 3.63) is 64.7 Å². The second-order valence-corrected chi connectivity index (χ2v) is 5.76. The number of amides is 2. The second kappa shape index (κ2) is 7.79. The smallest absolute Gasteiger partial charge is 0.255 e. The van der Waals surface area contributed by atoms with E-state index in [1.165, 1.54) is 0 Å². The molecule has 0 saturated carbocycles. The summed E-state index contributed by atoms with van der Waals surface area (Å²) in [5.41, 5.74) is 1.59. The van der Waals surface area contributed by atoms with Crippen LogP contribution in [0.2, 0.25) is 5.02 Å². The predicted octanol–water partition coefficient (Wildman–Crippen LogP) is 4.12. The topological polar surface area (TPSA) is 58.2 Å². The highest BCUT2D eigenvalue weighted by Crippen LogP contribution is 2.14. The minimum absolute atomic E-state index is 0.106. The van der Waals surface area contributed by atoms with Crippen molar-refractivity contribution in [1.82, 2.24) is 5.32 Å². The Morgan fingerprint density at radius 1 is 1.04 bits per heavy atom. The molecule has 5 heteroatoms. The van der Waals surface area contributed by atoms with Crippen LogP contribution in [0.25, 0.3) is 0 Å². The largest absolute Gasteiger partial charge is 0.350 e. The molecule has 2 amide bonds. The van der Waals surface area contributed by atoms with Gasteiger partial charge in [-0.2, -0.15) is 0 Å². The van der Waals surface area contributed by atoms with Crippen molar-refractivity contribution < 1.29 is 9.59 Å². The van der Waals surface area contributed by atoms with E-state index >= 15 is 0 Å². The summed E-state index contributed by atoms with van der Waals surface area (Å²) in [7, 11) is 0. The van der Waals surface area contributed by atoms with Gasteiger partial charge >= 0.3 is 0 Å². The van der Waals surface area contributed by atoms with Crippen LogP contribution in [-0.2, 0) is 0 Å². The van der Waals surface area contributed by atoms with Gasteiger partial charge in [0.05, 0.1) is 0 Å². The van der Waals surface area contributed by atoms with E-state index in [-0.39, 0.29) is 17.9 Å². The molecule has 1 atom stereocenters. The van der Waals surface area contributed by atoms with Crippen LogP contribution in [0.15, 0.2) is 48.5 Å². The molecule has 0 unspecified atom stereocenters. The maximum atomic E-state index is 12.2. The summed E-state index contributed by atoms with van der Waals surface area (Å²) in [6.07, 6.45) is 0.860. The molecule has 4 nitrogen and oxygen atoms in total. The lowest BCUT2D eigenvalue weighted by Gasteiger charge is -2.12. The second-order valence-electron chi connectivity index (χ2n) is 5.32. The maximum Gasteiger partial charge on any atom is 0.255 e. The van der Waals surface area contributed by atoms with E-state index in [2.05, 4.69) is 10.6 Å². The van der Waals surface area contributed by atoms with Crippen LogP contribution in [-0.4, -0.2) is 17.9 Å². The molecule has 0 spiro atoms. The first kappa shape index (κ1) is 17.0. The summed E-state index contributed by atoms with van der Waals surface area (Å²) in [5.74, 6) is -0.400. The molecular formula is C18H19ClN2O2. The molecule has 2 aromatic rings. The maximum absolute atomic E-state index is 12.2. The van der Waals surface area contributed by atoms with Gasteiger partial charge in [-0.05, 0) is 55.8 Å². The van der Waals surface area contributed by atoms with Gasteiger partial charge in [0.25, 0.3) is 11.8 Å². The number of rotatable bonds is 5. The molecule has 0 aliphatic heterocycles. The van der Waals surface area contributed by atoms with Crippen molar-refractivity contribution >= 4 is 29.1 Å². The highest BCUT2D eigenvalue weighted by molar-refractivity contribution is 6.30. The molecule has 0 radical (unpaired) electrons. The molecule has 0 fully saturated rings. The molecule has 120 valence electrons. The molecule has 2 aromatic carbocycles. The average Bonchev–Trinajstić information content (AvgIpc) is 2.55. The molecule has 0 aromatic heterocycles. The van der Waals surface area contributed by atoms with Crippen LogP contribution >= 0.6 is 11.6 Å². The van der Waals surface area contributed by atoms with Gasteiger partial charge in [-0.25, -0.2) is 0 Å². The number of hydrogen-bond donors (Lipinski definition) is 2. The fourth-order valence-corrected chi connectivity index (χ4v) is 2.08. The highest BCUT2D eigenvalue weighted by atomic mass is 35.5. The van der Waals surface area contributed by atoms with Crippen molar-refractivity contribution in [2.75, 3.05) is 5.32 Å². The minimum Gasteiger partial charge on any atom is -0.350 e. The first-order valence-corrected chi connectivity index (χ1v) is 7.85. The Kier molecular flexibility index (Phi) is 5.77. The molecule has 2 N–H and O–H groups in total. The Hall–Kier alpha value is -2.33. The van der Waals surface area contributed by atoms with Crippen molar-refractivity contribution in [1.29, 1.82) is 0 Å². The van der Waals surface area contributed by atoms with Gasteiger partial charge in [0.2, 0.25) is 0 Å². The third kappa shape index (κ3) is 4.83. The van der Waals surface area contributed by atoms with E-state index in [0.717, 1.165) is 6.42 Å². The van der Waals surface area contributed by atoms with Crippen molar-refractivity contribution in [2.24, 2.45) is 0 Å². The fraction of sp³-hybridized carbons (Fsp3) is 0.222. The Balaban J connectivity index is 2.09. The Morgan fingerprint density at radius 2 is 1.74 bits per heavy atom. The third-order valence-corrected chi connectivity index (χ3v) is 3.73. The average molecular weight is 331 g/mol. The van der Waals surface area contributed by atoms with Gasteiger partial charge in [-0.15, -0.1) is 0 Å². The van der Waals surface area contributed by atoms with Crippen LogP contribution < -0.4 is 10.6 Å². The van der Waals surface area contributed by atoms with Crippen LogP contribution in [0.1, 0.15) is 41.0 Å². The Morgan fingerprint density at radius 3 is 2.39 bits per heavy atom. The zero-order valence-electron chi connectivity index (χ0n) is 13.1. The van der Waals surface area contributed by atoms with Crippen LogP contribution in [0, 0.1) is 0 Å². The molecular weight excluding hydrogens is 312 g/mol. The van der Waals surface area contributed by atoms with Crippen molar-refractivity contribution in [3.8, 4) is 0 Å². The van der Waals surface area contributed by atoms with Gasteiger partial charge in [0.15, 0.2) is 0 Å². The van der Waals surface area contributed by atoms with E-state index in [1.807, 2.05) is 13.8 Å². The lowest BCUT2D eigenvalue weighted by molar-refractivity contribution is 0.0938. The SMILES string of the molecule is CC[C@@H](C)NC(=O)c1cccc(NC(=O)c2ccc(Cl)cc2)c1. The van der Waals surface area contributed by atoms with E-state index in [1.54, 1.807) is 48.5 Å². The summed E-state index contributed by atoms with van der Waals surface area (Å²) in [6, 6.07) is 13.6. The van der Waals surface area contributed by atoms with E-state index < -0.39 is 0 Å². The number of hydrogen-bond acceptors (Lipinski definition) is 2. The number of carbonyl (C=O) groups is 2. The fourth-order valence-electron chi connectivity index (χ4n) is 1.95. The first-order chi connectivity index (χ1) is 11.0. The number of carbonyl (C=O) groups excluding carboxylic acids is 2. The quantitative estimate of drug-likeness (QED) is 0.866. The number of halogens is 1. The third-order valence-electron chi connectivity index (χ3n) is 3.48. The first-order valence-electron chi connectivity index (χ1n) is 7.47. The predicted molar refractivity (Wildman–Crippen MR) is 93.1 cm³/mol. The number of nitrogens with one attached hydrogen (secondary N) is 2. The molecule has 0 heterocycles. The van der Waals surface area contributed by atoms with Crippen LogP contribution in [0.4, 0.5) is 5.69 Å². The molecule has 0 saturated heterocycles. The molecule has 0 bridgehead atoms. The minimum atomic E-state index is -0.249. The summed E-state index contributed by atoms with van der Waals surface area (Å²) in [6.45, 7) is 3.96. The van der Waals surface area contributed by atoms with Gasteiger partial charge in [0, 0.05) is 27.9 Å². The van der Waals surface area contributed by atoms with Gasteiger partial charge in [0.1, 0.15) is 0 Å². The molecule has 23 heavy (non-hydrogen) atoms. The monoisotopic (exact) mass is 330 g/mol. The summed E-state index contributed by atoms with van der Waals surface area (Å²) >= 11 is 5.81. The highest BCUT2D eigenvalue weighted by Gasteiger charge is 2.11. The van der Waals surface area contributed by atoms with E-state index in [0.29, 0.717) is 21.8 Å². The Labute approximate surface area is 140 Å². The summed E-state index contributed by atoms with van der Waals surface area (Å²) < 4.78 is 0. The summed E-state index contributed by atoms with van der Waals surface area (Å²) in [4.78, 5) is 24.3. The normalized spacial score (nSPS) is 11.6. The molecule has 0 aliphatic rings. The standard InChI is InChI=1S/C18H19ClN2O2/c1-3-12(2)20-18(23)14-5-4-6-16(11-14)21-17(22)13-7-9-15(19)10-8-13/h4-12H,3H2,1-2H3,(H,20,23)(H,21,22)/t12-/m1/s1. The van der Waals surface area contributed by atoms with Gasteiger partial charge in [-0.1, -0.05) is 24.6 Å². The zero-order chi connectivity index (χ0) is 16.8. The van der Waals surface area contributed by atoms with Crippen molar-refractivity contribution in [3.63, 3.8) is 0 Å². The summed E-state index contributed by atoms with van der Waals surface area (Å²) in [5, 5.41) is 6.25. The number of anilines is 1. The van der Waals surface area contributed by atoms with Crippen molar-refractivity contribution in [2.45, 2.75) is 26.3 Å². The van der Waals surface area contributed by atoms with Crippen LogP contribution in [0.5, 0.6) is 0 Å². The lowest BCUT2D eigenvalue weighted by atomic mass is 10.1. The van der Waals surface area contributed by atoms with E-state index in [4.69, 9.17) is 11.6 Å². The van der Waals surface area contributed by atoms with Gasteiger partial charge < -0.3 is 10.6 Å². The van der Waals surface area contributed by atoms with E-state index in [9.17, 15) is 9.59 Å². The lowest BCUT2D eigenvalue weighted by Crippen LogP contribution is -2.31. The van der Waals surface area contributed by atoms with Gasteiger partial charge in [-0.3, -0.25) is 9.59 Å². The zero-order valence-corrected chi connectivity index (χ0v) is 13.9. The Bertz CT molecular complexity index is 698. The number of benzene rings is 2. The van der Waals surface area contributed by atoms with Crippen LogP contribution in [0.3, 0.4) is 0 Å². The molecule has 0 aliphatic carbocycles.